The Morgan fingerprint density at radius 1 is 1.19 bits per heavy atom. The van der Waals surface area contributed by atoms with Crippen LogP contribution in [0.15, 0.2) is 24.7 Å². The molecule has 3 aromatic heterocycles. The number of aromatic amines is 1. The maximum atomic E-state index is 12.8. The molecule has 3 aromatic rings. The van der Waals surface area contributed by atoms with Crippen LogP contribution in [0.2, 0.25) is 0 Å². The van der Waals surface area contributed by atoms with Crippen LogP contribution >= 0.6 is 0 Å². The van der Waals surface area contributed by atoms with E-state index in [9.17, 15) is 13.2 Å². The van der Waals surface area contributed by atoms with Gasteiger partial charge in [0.25, 0.3) is 0 Å². The van der Waals surface area contributed by atoms with Crippen LogP contribution in [-0.4, -0.2) is 19.9 Å². The van der Waals surface area contributed by atoms with Gasteiger partial charge in [-0.3, -0.25) is 0 Å². The third-order valence-corrected chi connectivity index (χ3v) is 3.11. The summed E-state index contributed by atoms with van der Waals surface area (Å²) >= 11 is 0. The second kappa shape index (κ2) is 4.44. The fraction of sp³-hybridized carbons (Fsp3) is 0.154. The first-order valence-corrected chi connectivity index (χ1v) is 6.00. The zero-order chi connectivity index (χ0) is 15.2. The summed E-state index contributed by atoms with van der Waals surface area (Å²) in [5, 5.41) is 0.299. The van der Waals surface area contributed by atoms with Crippen LogP contribution in [0.4, 0.5) is 19.0 Å². The molecular formula is C13H10F3N5. The van der Waals surface area contributed by atoms with Crippen molar-refractivity contribution in [2.75, 3.05) is 5.73 Å². The highest BCUT2D eigenvalue weighted by Gasteiger charge is 2.31. The molecule has 3 heterocycles. The number of halogens is 3. The van der Waals surface area contributed by atoms with E-state index < -0.39 is 11.7 Å². The molecule has 0 aliphatic carbocycles. The molecule has 21 heavy (non-hydrogen) atoms. The first-order chi connectivity index (χ1) is 9.86. The number of nitrogens with two attached hydrogens (primary N) is 1. The van der Waals surface area contributed by atoms with Gasteiger partial charge >= 0.3 is 6.18 Å². The van der Waals surface area contributed by atoms with E-state index in [-0.39, 0.29) is 11.6 Å². The Morgan fingerprint density at radius 2 is 1.95 bits per heavy atom. The van der Waals surface area contributed by atoms with Gasteiger partial charge in [0.2, 0.25) is 0 Å². The highest BCUT2D eigenvalue weighted by molar-refractivity contribution is 5.92. The Morgan fingerprint density at radius 3 is 2.62 bits per heavy atom. The molecule has 0 fully saturated rings. The van der Waals surface area contributed by atoms with Crippen LogP contribution in [0.1, 0.15) is 11.1 Å². The van der Waals surface area contributed by atoms with Gasteiger partial charge in [0, 0.05) is 35.1 Å². The second-order valence-corrected chi connectivity index (χ2v) is 4.58. The van der Waals surface area contributed by atoms with Crippen LogP contribution in [-0.2, 0) is 6.18 Å². The number of hydrogen-bond acceptors (Lipinski definition) is 4. The largest absolute Gasteiger partial charge is 0.417 e. The second-order valence-electron chi connectivity index (χ2n) is 4.58. The number of nitrogens with zero attached hydrogens (tertiary/aromatic N) is 3. The molecule has 0 bridgehead atoms. The van der Waals surface area contributed by atoms with Crippen LogP contribution in [0, 0.1) is 6.92 Å². The molecular weight excluding hydrogens is 283 g/mol. The number of alkyl halides is 3. The Hall–Kier alpha value is -2.64. The molecule has 0 radical (unpaired) electrons. The molecule has 0 saturated carbocycles. The average Bonchev–Trinajstić information content (AvgIpc) is 2.84. The smallest absolute Gasteiger partial charge is 0.383 e. The topological polar surface area (TPSA) is 80.5 Å². The van der Waals surface area contributed by atoms with Crippen LogP contribution in [0.5, 0.6) is 0 Å². The molecule has 3 rings (SSSR count). The predicted octanol–water partition coefficient (Wildman–Crippen LogP) is 2.93. The number of aryl methyl sites for hydroxylation is 1. The van der Waals surface area contributed by atoms with Crippen molar-refractivity contribution in [3.8, 4) is 11.4 Å². The molecule has 108 valence electrons. The Kier molecular flexibility index (Phi) is 2.82. The van der Waals surface area contributed by atoms with Crippen molar-refractivity contribution in [1.29, 1.82) is 0 Å². The summed E-state index contributed by atoms with van der Waals surface area (Å²) in [4.78, 5) is 14.8. The molecule has 0 atom stereocenters. The minimum atomic E-state index is -4.46. The number of nitrogen functional groups attached to an aromatic ring is 1. The third-order valence-electron chi connectivity index (χ3n) is 3.11. The molecule has 0 unspecified atom stereocenters. The van der Waals surface area contributed by atoms with Crippen molar-refractivity contribution >= 4 is 16.9 Å². The van der Waals surface area contributed by atoms with E-state index in [0.717, 1.165) is 12.3 Å². The van der Waals surface area contributed by atoms with Gasteiger partial charge in [-0.2, -0.15) is 13.2 Å². The lowest BCUT2D eigenvalue weighted by atomic mass is 10.1. The summed E-state index contributed by atoms with van der Waals surface area (Å²) in [5.74, 6) is 0.541. The van der Waals surface area contributed by atoms with E-state index in [4.69, 9.17) is 5.73 Å². The van der Waals surface area contributed by atoms with E-state index in [1.165, 1.54) is 12.4 Å². The van der Waals surface area contributed by atoms with Gasteiger partial charge in [-0.15, -0.1) is 0 Å². The van der Waals surface area contributed by atoms with Gasteiger partial charge < -0.3 is 10.7 Å². The van der Waals surface area contributed by atoms with Gasteiger partial charge in [0.05, 0.1) is 5.56 Å². The Balaban J connectivity index is 2.20. The lowest BCUT2D eigenvalue weighted by molar-refractivity contribution is -0.137. The summed E-state index contributed by atoms with van der Waals surface area (Å²) in [6, 6.07) is 1.02. The van der Waals surface area contributed by atoms with Crippen molar-refractivity contribution in [2.45, 2.75) is 13.1 Å². The number of anilines is 1. The van der Waals surface area contributed by atoms with Crippen molar-refractivity contribution in [1.82, 2.24) is 19.9 Å². The molecule has 0 aliphatic rings. The molecule has 0 aliphatic heterocycles. The molecule has 0 aromatic carbocycles. The highest BCUT2D eigenvalue weighted by Crippen LogP contribution is 2.33. The number of nitrogens with one attached hydrogen (secondary N) is 1. The Bertz CT molecular complexity index is 822. The molecule has 0 spiro atoms. The fourth-order valence-corrected chi connectivity index (χ4v) is 1.93. The summed E-state index contributed by atoms with van der Waals surface area (Å²) < 4.78 is 38.3. The minimum absolute atomic E-state index is 0.255. The zero-order valence-corrected chi connectivity index (χ0v) is 10.9. The van der Waals surface area contributed by atoms with Gasteiger partial charge in [-0.05, 0) is 13.0 Å². The summed E-state index contributed by atoms with van der Waals surface area (Å²) in [5.41, 5.74) is 6.35. The molecule has 0 amide bonds. The highest BCUT2D eigenvalue weighted by atomic mass is 19.4. The number of fused-ring (bicyclic) bond motifs is 1. The number of hydrogen-bond donors (Lipinski definition) is 2. The molecule has 5 nitrogen and oxygen atoms in total. The van der Waals surface area contributed by atoms with E-state index in [0.29, 0.717) is 22.2 Å². The van der Waals surface area contributed by atoms with Crippen molar-refractivity contribution < 1.29 is 13.2 Å². The first kappa shape index (κ1) is 13.3. The average molecular weight is 293 g/mol. The molecule has 0 saturated heterocycles. The zero-order valence-electron chi connectivity index (χ0n) is 10.9. The van der Waals surface area contributed by atoms with Crippen LogP contribution < -0.4 is 5.73 Å². The van der Waals surface area contributed by atoms with E-state index in [2.05, 4.69) is 19.9 Å². The van der Waals surface area contributed by atoms with Crippen molar-refractivity contribution in [3.63, 3.8) is 0 Å². The number of H-pyrrole nitrogens is 1. The lowest BCUT2D eigenvalue weighted by Gasteiger charge is -2.06. The van der Waals surface area contributed by atoms with E-state index >= 15 is 0 Å². The van der Waals surface area contributed by atoms with Gasteiger partial charge in [-0.1, -0.05) is 0 Å². The predicted molar refractivity (Wildman–Crippen MR) is 71.3 cm³/mol. The van der Waals surface area contributed by atoms with Gasteiger partial charge in [-0.25, -0.2) is 15.0 Å². The number of pyridine rings is 1. The van der Waals surface area contributed by atoms with Gasteiger partial charge in [0.1, 0.15) is 11.5 Å². The maximum absolute atomic E-state index is 12.8. The number of rotatable bonds is 1. The third kappa shape index (κ3) is 2.28. The van der Waals surface area contributed by atoms with Crippen molar-refractivity contribution in [2.24, 2.45) is 0 Å². The van der Waals surface area contributed by atoms with Gasteiger partial charge in [0.15, 0.2) is 5.82 Å². The molecule has 8 heteroatoms. The monoisotopic (exact) mass is 293 g/mol. The van der Waals surface area contributed by atoms with Crippen LogP contribution in [0.25, 0.3) is 22.4 Å². The summed E-state index contributed by atoms with van der Waals surface area (Å²) in [7, 11) is 0. The first-order valence-electron chi connectivity index (χ1n) is 6.00. The van der Waals surface area contributed by atoms with E-state index in [1.54, 1.807) is 6.92 Å². The standard InChI is InChI=1S/C13H10F3N5/c1-6-3-18-12(21-10(6)17)9-5-20-11-8(9)2-7(4-19-11)13(14,15)16/h2-5H,1H3,(H,19,20)(H2,17,18,21). The van der Waals surface area contributed by atoms with E-state index in [1.807, 2.05) is 0 Å². The van der Waals surface area contributed by atoms with Crippen LogP contribution in [0.3, 0.4) is 0 Å². The minimum Gasteiger partial charge on any atom is -0.383 e. The summed E-state index contributed by atoms with van der Waals surface area (Å²) in [6.45, 7) is 1.75. The normalized spacial score (nSPS) is 12.0. The molecule has 3 N–H and O–H groups in total. The Labute approximate surface area is 117 Å². The fourth-order valence-electron chi connectivity index (χ4n) is 1.93. The quantitative estimate of drug-likeness (QED) is 0.723. The lowest BCUT2D eigenvalue weighted by Crippen LogP contribution is -2.05. The SMILES string of the molecule is Cc1cnc(-c2c[nH]c3ncc(C(F)(F)F)cc23)nc1N. The summed E-state index contributed by atoms with van der Waals surface area (Å²) in [6.07, 6.45) is -0.630. The number of aromatic nitrogens is 4. The maximum Gasteiger partial charge on any atom is 0.417 e. The van der Waals surface area contributed by atoms with Crippen molar-refractivity contribution in [3.05, 3.63) is 35.8 Å².